The molecule has 0 spiro atoms. The van der Waals surface area contributed by atoms with Gasteiger partial charge in [-0.2, -0.15) is 0 Å². The Labute approximate surface area is 107 Å². The normalized spacial score (nSPS) is 14.1. The fraction of sp³-hybridized carbons (Fsp3) is 0.429. The van der Waals surface area contributed by atoms with Crippen LogP contribution in [0, 0.1) is 12.8 Å². The number of benzene rings is 1. The van der Waals surface area contributed by atoms with Gasteiger partial charge in [0.15, 0.2) is 0 Å². The number of rotatable bonds is 4. The molecule has 2 rings (SSSR count). The first-order valence-electron chi connectivity index (χ1n) is 6.32. The van der Waals surface area contributed by atoms with Crippen LogP contribution in [0.3, 0.4) is 0 Å². The van der Waals surface area contributed by atoms with E-state index in [2.05, 4.69) is 10.6 Å². The Morgan fingerprint density at radius 2 is 1.83 bits per heavy atom. The molecule has 4 nitrogen and oxygen atoms in total. The van der Waals surface area contributed by atoms with Gasteiger partial charge in [-0.1, -0.05) is 13.0 Å². The second kappa shape index (κ2) is 5.21. The minimum atomic E-state index is -0.0243. The Kier molecular flexibility index (Phi) is 3.65. The van der Waals surface area contributed by atoms with Gasteiger partial charge >= 0.3 is 0 Å². The summed E-state index contributed by atoms with van der Waals surface area (Å²) >= 11 is 0. The van der Waals surface area contributed by atoms with Crippen molar-refractivity contribution in [2.24, 2.45) is 5.92 Å². The largest absolute Gasteiger partial charge is 0.326 e. The summed E-state index contributed by atoms with van der Waals surface area (Å²) in [6.45, 7) is 3.71. The van der Waals surface area contributed by atoms with Crippen LogP contribution in [0.4, 0.5) is 11.4 Å². The third-order valence-corrected chi connectivity index (χ3v) is 3.14. The van der Waals surface area contributed by atoms with Crippen molar-refractivity contribution in [3.05, 3.63) is 23.8 Å². The maximum Gasteiger partial charge on any atom is 0.227 e. The van der Waals surface area contributed by atoms with Crippen LogP contribution in [0.5, 0.6) is 0 Å². The van der Waals surface area contributed by atoms with Gasteiger partial charge in [0.05, 0.1) is 0 Å². The Bertz CT molecular complexity index is 479. The molecule has 96 valence electrons. The molecule has 18 heavy (non-hydrogen) atoms. The highest BCUT2D eigenvalue weighted by atomic mass is 16.2. The van der Waals surface area contributed by atoms with Crippen LogP contribution in [0.1, 0.15) is 31.7 Å². The van der Waals surface area contributed by atoms with Gasteiger partial charge in [-0.15, -0.1) is 0 Å². The van der Waals surface area contributed by atoms with Crippen LogP contribution < -0.4 is 10.6 Å². The topological polar surface area (TPSA) is 58.2 Å². The summed E-state index contributed by atoms with van der Waals surface area (Å²) < 4.78 is 0. The van der Waals surface area contributed by atoms with Crippen LogP contribution in [0.2, 0.25) is 0 Å². The molecule has 1 aromatic rings. The van der Waals surface area contributed by atoms with Gasteiger partial charge in [-0.05, 0) is 37.5 Å². The van der Waals surface area contributed by atoms with Crippen molar-refractivity contribution in [2.75, 3.05) is 10.6 Å². The molecule has 2 N–H and O–H groups in total. The number of carbonyl (C=O) groups is 2. The highest BCUT2D eigenvalue weighted by molar-refractivity contribution is 5.97. The Morgan fingerprint density at radius 1 is 1.22 bits per heavy atom. The third-order valence-electron chi connectivity index (χ3n) is 3.14. The third kappa shape index (κ3) is 2.88. The molecular formula is C14H18N2O2. The summed E-state index contributed by atoms with van der Waals surface area (Å²) in [4.78, 5) is 23.1. The number of amides is 2. The molecule has 0 heterocycles. The molecule has 1 aliphatic carbocycles. The van der Waals surface area contributed by atoms with Gasteiger partial charge in [0, 0.05) is 23.7 Å². The highest BCUT2D eigenvalue weighted by Gasteiger charge is 2.29. The molecule has 2 amide bonds. The maximum absolute atomic E-state index is 11.7. The van der Waals surface area contributed by atoms with Crippen molar-refractivity contribution >= 4 is 23.2 Å². The summed E-state index contributed by atoms with van der Waals surface area (Å²) in [5.41, 5.74) is 2.43. The molecule has 0 radical (unpaired) electrons. The quantitative estimate of drug-likeness (QED) is 0.858. The van der Waals surface area contributed by atoms with Crippen LogP contribution in [0.15, 0.2) is 18.2 Å². The van der Waals surface area contributed by atoms with E-state index in [4.69, 9.17) is 0 Å². The van der Waals surface area contributed by atoms with Gasteiger partial charge < -0.3 is 10.6 Å². The van der Waals surface area contributed by atoms with E-state index in [1.54, 1.807) is 0 Å². The van der Waals surface area contributed by atoms with E-state index in [1.807, 2.05) is 32.0 Å². The van der Waals surface area contributed by atoms with E-state index in [1.165, 1.54) is 0 Å². The second-order valence-electron chi connectivity index (χ2n) is 4.64. The summed E-state index contributed by atoms with van der Waals surface area (Å²) in [5, 5.41) is 5.74. The lowest BCUT2D eigenvalue weighted by molar-refractivity contribution is -0.117. The number of anilines is 2. The first-order chi connectivity index (χ1) is 8.61. The molecule has 1 fully saturated rings. The smallest absolute Gasteiger partial charge is 0.227 e. The standard InChI is InChI=1S/C14H18N2O2/c1-3-13(17)15-11-5-4-6-12(9(11)2)16-14(18)10-7-8-10/h4-6,10H,3,7-8H2,1-2H3,(H,15,17)(H,16,18). The van der Waals surface area contributed by atoms with Crippen LogP contribution in [-0.4, -0.2) is 11.8 Å². The van der Waals surface area contributed by atoms with Crippen LogP contribution in [0.25, 0.3) is 0 Å². The zero-order chi connectivity index (χ0) is 13.1. The summed E-state index contributed by atoms with van der Waals surface area (Å²) in [6, 6.07) is 5.54. The SMILES string of the molecule is CCC(=O)Nc1cccc(NC(=O)C2CC2)c1C. The molecule has 1 saturated carbocycles. The average Bonchev–Trinajstić information content (AvgIpc) is 3.18. The van der Waals surface area contributed by atoms with E-state index >= 15 is 0 Å². The molecule has 0 atom stereocenters. The van der Waals surface area contributed by atoms with Crippen molar-refractivity contribution in [2.45, 2.75) is 33.1 Å². The molecule has 0 unspecified atom stereocenters. The van der Waals surface area contributed by atoms with Gasteiger partial charge in [0.2, 0.25) is 11.8 Å². The summed E-state index contributed by atoms with van der Waals surface area (Å²) in [7, 11) is 0. The number of carbonyl (C=O) groups excluding carboxylic acids is 2. The predicted molar refractivity (Wildman–Crippen MR) is 71.5 cm³/mol. The summed E-state index contributed by atoms with van der Waals surface area (Å²) in [5.74, 6) is 0.235. The molecular weight excluding hydrogens is 228 g/mol. The zero-order valence-corrected chi connectivity index (χ0v) is 10.7. The fourth-order valence-corrected chi connectivity index (χ4v) is 1.73. The monoisotopic (exact) mass is 246 g/mol. The van der Waals surface area contributed by atoms with Crippen LogP contribution in [-0.2, 0) is 9.59 Å². The van der Waals surface area contributed by atoms with Gasteiger partial charge in [0.1, 0.15) is 0 Å². The minimum Gasteiger partial charge on any atom is -0.326 e. The minimum absolute atomic E-state index is 0.0243. The maximum atomic E-state index is 11.7. The molecule has 0 aliphatic heterocycles. The molecule has 4 heteroatoms. The summed E-state index contributed by atoms with van der Waals surface area (Å²) in [6.07, 6.45) is 2.41. The lowest BCUT2D eigenvalue weighted by Gasteiger charge is -2.13. The predicted octanol–water partition coefficient (Wildman–Crippen LogP) is 2.69. The number of hydrogen-bond acceptors (Lipinski definition) is 2. The van der Waals surface area contributed by atoms with E-state index in [9.17, 15) is 9.59 Å². The molecule has 0 bridgehead atoms. The van der Waals surface area contributed by atoms with E-state index in [0.717, 1.165) is 29.8 Å². The van der Waals surface area contributed by atoms with Crippen molar-refractivity contribution in [3.8, 4) is 0 Å². The van der Waals surface area contributed by atoms with Crippen molar-refractivity contribution < 1.29 is 9.59 Å². The molecule has 1 aliphatic rings. The lowest BCUT2D eigenvalue weighted by Crippen LogP contribution is -2.16. The van der Waals surface area contributed by atoms with Gasteiger partial charge in [-0.3, -0.25) is 9.59 Å². The van der Waals surface area contributed by atoms with Crippen molar-refractivity contribution in [1.29, 1.82) is 0 Å². The number of hydrogen-bond donors (Lipinski definition) is 2. The Balaban J connectivity index is 2.13. The first kappa shape index (κ1) is 12.6. The molecule has 0 aromatic heterocycles. The van der Waals surface area contributed by atoms with E-state index < -0.39 is 0 Å². The number of nitrogens with one attached hydrogen (secondary N) is 2. The average molecular weight is 246 g/mol. The Morgan fingerprint density at radius 3 is 2.39 bits per heavy atom. The zero-order valence-electron chi connectivity index (χ0n) is 10.7. The van der Waals surface area contributed by atoms with E-state index in [0.29, 0.717) is 6.42 Å². The van der Waals surface area contributed by atoms with Crippen molar-refractivity contribution in [1.82, 2.24) is 0 Å². The van der Waals surface area contributed by atoms with E-state index in [-0.39, 0.29) is 17.7 Å². The van der Waals surface area contributed by atoms with Crippen LogP contribution >= 0.6 is 0 Å². The highest BCUT2D eigenvalue weighted by Crippen LogP contribution is 2.31. The molecule has 1 aromatic carbocycles. The first-order valence-corrected chi connectivity index (χ1v) is 6.32. The second-order valence-corrected chi connectivity index (χ2v) is 4.64. The van der Waals surface area contributed by atoms with Crippen molar-refractivity contribution in [3.63, 3.8) is 0 Å². The lowest BCUT2D eigenvalue weighted by atomic mass is 10.1. The van der Waals surface area contributed by atoms with Gasteiger partial charge in [-0.25, -0.2) is 0 Å². The Hall–Kier alpha value is -1.84. The molecule has 0 saturated heterocycles. The van der Waals surface area contributed by atoms with Gasteiger partial charge in [0.25, 0.3) is 0 Å². The fourth-order valence-electron chi connectivity index (χ4n) is 1.73.